The maximum atomic E-state index is 12.4. The Balaban J connectivity index is 1.51. The van der Waals surface area contributed by atoms with E-state index in [-0.39, 0.29) is 5.91 Å². The highest BCUT2D eigenvalue weighted by Gasteiger charge is 2.14. The first-order chi connectivity index (χ1) is 14.9. The van der Waals surface area contributed by atoms with Crippen LogP contribution in [0.15, 0.2) is 46.9 Å². The normalized spacial score (nSPS) is 11.0. The van der Waals surface area contributed by atoms with Gasteiger partial charge in [0.15, 0.2) is 5.13 Å². The van der Waals surface area contributed by atoms with Gasteiger partial charge >= 0.3 is 0 Å². The molecule has 0 aliphatic heterocycles. The van der Waals surface area contributed by atoms with Crippen LogP contribution in [0.25, 0.3) is 11.3 Å². The van der Waals surface area contributed by atoms with E-state index in [1.165, 1.54) is 16.0 Å². The van der Waals surface area contributed by atoms with Gasteiger partial charge in [-0.2, -0.15) is 0 Å². The fourth-order valence-electron chi connectivity index (χ4n) is 3.47. The second-order valence-electron chi connectivity index (χ2n) is 7.82. The van der Waals surface area contributed by atoms with E-state index < -0.39 is 0 Å². The Bertz CT molecular complexity index is 1030. The van der Waals surface area contributed by atoms with Gasteiger partial charge in [0.1, 0.15) is 5.75 Å². The third-order valence-electron chi connectivity index (χ3n) is 5.06. The van der Waals surface area contributed by atoms with E-state index >= 15 is 0 Å². The third kappa shape index (κ3) is 6.40. The van der Waals surface area contributed by atoms with E-state index in [0.717, 1.165) is 27.9 Å². The Labute approximate surface area is 197 Å². The molecule has 3 aromatic rings. The van der Waals surface area contributed by atoms with Crippen molar-refractivity contribution < 1.29 is 9.53 Å². The molecule has 0 atom stereocenters. The first kappa shape index (κ1) is 23.5. The quantitative estimate of drug-likeness (QED) is 0.312. The van der Waals surface area contributed by atoms with Gasteiger partial charge in [-0.3, -0.25) is 4.79 Å². The number of nitrogens with one attached hydrogen (secondary N) is 1. The molecule has 0 saturated heterocycles. The fourth-order valence-corrected chi connectivity index (χ4v) is 4.67. The summed E-state index contributed by atoms with van der Waals surface area (Å²) in [5.41, 5.74) is 4.58. The number of benzene rings is 2. The summed E-state index contributed by atoms with van der Waals surface area (Å²) in [6.07, 6.45) is 1.93. The molecule has 0 aliphatic rings. The molecule has 1 amide bonds. The molecule has 4 nitrogen and oxygen atoms in total. The number of amides is 1. The van der Waals surface area contributed by atoms with E-state index in [0.29, 0.717) is 30.5 Å². The van der Waals surface area contributed by atoms with Crippen molar-refractivity contribution in [3.05, 3.63) is 62.9 Å². The highest BCUT2D eigenvalue weighted by molar-refractivity contribution is 9.10. The zero-order valence-corrected chi connectivity index (χ0v) is 20.9. The molecule has 3 rings (SSSR count). The smallest absolute Gasteiger partial charge is 0.226 e. The van der Waals surface area contributed by atoms with E-state index in [9.17, 15) is 4.79 Å². The number of carbonyl (C=O) groups is 1. The van der Waals surface area contributed by atoms with Crippen molar-refractivity contribution in [2.75, 3.05) is 11.9 Å². The zero-order chi connectivity index (χ0) is 22.4. The highest BCUT2D eigenvalue weighted by Crippen LogP contribution is 2.32. The lowest BCUT2D eigenvalue weighted by Crippen LogP contribution is -2.12. The maximum absolute atomic E-state index is 12.4. The van der Waals surface area contributed by atoms with Gasteiger partial charge in [-0.05, 0) is 61.1 Å². The predicted molar refractivity (Wildman–Crippen MR) is 133 cm³/mol. The topological polar surface area (TPSA) is 51.2 Å². The number of rotatable bonds is 9. The Morgan fingerprint density at radius 3 is 2.58 bits per heavy atom. The Hall–Kier alpha value is -2.18. The third-order valence-corrected chi connectivity index (χ3v) is 6.71. The zero-order valence-electron chi connectivity index (χ0n) is 18.5. The molecule has 164 valence electrons. The Kier molecular flexibility index (Phi) is 8.27. The lowest BCUT2D eigenvalue weighted by Gasteiger charge is -2.12. The molecule has 0 fully saturated rings. The maximum Gasteiger partial charge on any atom is 0.226 e. The van der Waals surface area contributed by atoms with Gasteiger partial charge in [0.05, 0.1) is 12.3 Å². The van der Waals surface area contributed by atoms with E-state index in [4.69, 9.17) is 4.74 Å². The average molecular weight is 501 g/mol. The van der Waals surface area contributed by atoms with Crippen LogP contribution in [0.4, 0.5) is 5.13 Å². The Morgan fingerprint density at radius 2 is 1.94 bits per heavy atom. The molecule has 0 saturated carbocycles. The molecular weight excluding hydrogens is 472 g/mol. The van der Waals surface area contributed by atoms with Crippen LogP contribution < -0.4 is 10.1 Å². The number of halogens is 1. The number of aromatic nitrogens is 1. The minimum Gasteiger partial charge on any atom is -0.494 e. The van der Waals surface area contributed by atoms with Crippen LogP contribution in [-0.4, -0.2) is 17.5 Å². The lowest BCUT2D eigenvalue weighted by molar-refractivity contribution is -0.116. The van der Waals surface area contributed by atoms with Crippen LogP contribution in [0.5, 0.6) is 5.75 Å². The van der Waals surface area contributed by atoms with Crippen molar-refractivity contribution in [3.63, 3.8) is 0 Å². The van der Waals surface area contributed by atoms with Gasteiger partial charge in [-0.1, -0.05) is 54.9 Å². The molecule has 6 heteroatoms. The fraction of sp³-hybridized carbons (Fsp3) is 0.360. The molecule has 0 spiro atoms. The SMILES string of the molecule is CCc1sc(NC(=O)CCCOc2ccc(C(C)C)c(C)c2)nc1-c1ccc(Br)cc1. The van der Waals surface area contributed by atoms with E-state index in [1.807, 2.05) is 30.3 Å². The van der Waals surface area contributed by atoms with Gasteiger partial charge < -0.3 is 10.1 Å². The number of hydrogen-bond acceptors (Lipinski definition) is 4. The number of aryl methyl sites for hydroxylation is 2. The molecule has 0 unspecified atom stereocenters. The molecule has 0 aliphatic carbocycles. The van der Waals surface area contributed by atoms with Crippen LogP contribution in [0.2, 0.25) is 0 Å². The number of anilines is 1. The molecular formula is C25H29BrN2O2S. The molecule has 2 aromatic carbocycles. The van der Waals surface area contributed by atoms with Crippen molar-refractivity contribution in [3.8, 4) is 17.0 Å². The minimum absolute atomic E-state index is 0.0336. The van der Waals surface area contributed by atoms with Gasteiger partial charge in [0, 0.05) is 21.3 Å². The van der Waals surface area contributed by atoms with Crippen molar-refractivity contribution in [1.29, 1.82) is 0 Å². The predicted octanol–water partition coefficient (Wildman–Crippen LogP) is 7.36. The summed E-state index contributed by atoms with van der Waals surface area (Å²) in [7, 11) is 0. The number of nitrogens with zero attached hydrogens (tertiary/aromatic N) is 1. The summed E-state index contributed by atoms with van der Waals surface area (Å²) in [6.45, 7) is 9.10. The van der Waals surface area contributed by atoms with Gasteiger partial charge in [0.25, 0.3) is 0 Å². The summed E-state index contributed by atoms with van der Waals surface area (Å²) in [6, 6.07) is 14.3. The standard InChI is InChI=1S/C25H29BrN2O2S/c1-5-22-24(18-8-10-19(26)11-9-18)28-25(31-22)27-23(29)7-6-14-30-20-12-13-21(16(2)3)17(4)15-20/h8-13,15-16H,5-7,14H2,1-4H3,(H,27,28,29). The first-order valence-electron chi connectivity index (χ1n) is 10.7. The van der Waals surface area contributed by atoms with Crippen LogP contribution in [0.1, 0.15) is 55.5 Å². The van der Waals surface area contributed by atoms with Gasteiger partial charge in [-0.25, -0.2) is 4.98 Å². The van der Waals surface area contributed by atoms with Crippen LogP contribution in [0, 0.1) is 6.92 Å². The van der Waals surface area contributed by atoms with E-state index in [2.05, 4.69) is 66.1 Å². The molecule has 31 heavy (non-hydrogen) atoms. The second-order valence-corrected chi connectivity index (χ2v) is 9.82. The van der Waals surface area contributed by atoms with Crippen molar-refractivity contribution in [2.45, 2.75) is 52.9 Å². The number of ether oxygens (including phenoxy) is 1. The summed E-state index contributed by atoms with van der Waals surface area (Å²) in [5, 5.41) is 3.60. The average Bonchev–Trinajstić information content (AvgIpc) is 3.14. The summed E-state index contributed by atoms with van der Waals surface area (Å²) >= 11 is 5.01. The molecule has 1 heterocycles. The monoisotopic (exact) mass is 500 g/mol. The largest absolute Gasteiger partial charge is 0.494 e. The van der Waals surface area contributed by atoms with Crippen molar-refractivity contribution >= 4 is 38.3 Å². The molecule has 1 aromatic heterocycles. The van der Waals surface area contributed by atoms with Crippen LogP contribution in [-0.2, 0) is 11.2 Å². The van der Waals surface area contributed by atoms with E-state index in [1.54, 1.807) is 11.3 Å². The Morgan fingerprint density at radius 1 is 1.19 bits per heavy atom. The van der Waals surface area contributed by atoms with Gasteiger partial charge in [0.2, 0.25) is 5.91 Å². The van der Waals surface area contributed by atoms with Gasteiger partial charge in [-0.15, -0.1) is 11.3 Å². The number of carbonyl (C=O) groups excluding carboxylic acids is 1. The summed E-state index contributed by atoms with van der Waals surface area (Å²) < 4.78 is 6.87. The van der Waals surface area contributed by atoms with Crippen molar-refractivity contribution in [2.24, 2.45) is 0 Å². The highest BCUT2D eigenvalue weighted by atomic mass is 79.9. The number of thiazole rings is 1. The number of hydrogen-bond donors (Lipinski definition) is 1. The van der Waals surface area contributed by atoms with Crippen molar-refractivity contribution in [1.82, 2.24) is 4.98 Å². The molecule has 0 radical (unpaired) electrons. The first-order valence-corrected chi connectivity index (χ1v) is 12.3. The lowest BCUT2D eigenvalue weighted by atomic mass is 9.98. The minimum atomic E-state index is -0.0336. The van der Waals surface area contributed by atoms with Crippen LogP contribution in [0.3, 0.4) is 0 Å². The molecule has 1 N–H and O–H groups in total. The second kappa shape index (κ2) is 10.9. The summed E-state index contributed by atoms with van der Waals surface area (Å²) in [5.74, 6) is 1.32. The van der Waals surface area contributed by atoms with Crippen LogP contribution >= 0.6 is 27.3 Å². The summed E-state index contributed by atoms with van der Waals surface area (Å²) in [4.78, 5) is 18.2. The molecule has 0 bridgehead atoms.